The molecule has 1 heterocycles. The molecule has 3 aliphatic rings. The molecule has 0 aromatic carbocycles. The van der Waals surface area contributed by atoms with Crippen molar-refractivity contribution < 1.29 is 4.79 Å². The number of hydrogen-bond donors (Lipinski definition) is 1. The molecule has 138 valence electrons. The van der Waals surface area contributed by atoms with E-state index in [1.54, 1.807) is 0 Å². The van der Waals surface area contributed by atoms with Gasteiger partial charge in [0.2, 0.25) is 5.91 Å². The predicted molar refractivity (Wildman–Crippen MR) is 99.0 cm³/mol. The van der Waals surface area contributed by atoms with Gasteiger partial charge >= 0.3 is 0 Å². The van der Waals surface area contributed by atoms with Crippen LogP contribution in [0, 0.1) is 11.8 Å². The Morgan fingerprint density at radius 3 is 2.12 bits per heavy atom. The average molecular weight is 336 g/mol. The van der Waals surface area contributed by atoms with Crippen molar-refractivity contribution >= 4 is 5.91 Å². The van der Waals surface area contributed by atoms with Crippen LogP contribution in [0.25, 0.3) is 0 Å². The molecule has 1 N–H and O–H groups in total. The molecule has 0 unspecified atom stereocenters. The maximum Gasteiger partial charge on any atom is 0.237 e. The Hall–Kier alpha value is -0.610. The van der Waals surface area contributed by atoms with E-state index >= 15 is 0 Å². The monoisotopic (exact) mass is 335 g/mol. The Morgan fingerprint density at radius 1 is 1.00 bits per heavy atom. The molecule has 0 radical (unpaired) electrons. The van der Waals surface area contributed by atoms with E-state index in [9.17, 15) is 4.79 Å². The van der Waals surface area contributed by atoms with Crippen molar-refractivity contribution in [2.24, 2.45) is 11.8 Å². The summed E-state index contributed by atoms with van der Waals surface area (Å²) >= 11 is 0. The highest BCUT2D eigenvalue weighted by atomic mass is 16.2. The standard InChI is InChI=1S/C20H37N3O/c1-16-3-5-18(6-4-16)23(19-7-8-19)20(24)15-22-13-10-17(11-14-22)9-12-21-2/h16-19,21H,3-15H2,1-2H3. The first-order valence-corrected chi connectivity index (χ1v) is 10.4. The van der Waals surface area contributed by atoms with Gasteiger partial charge in [0.05, 0.1) is 6.54 Å². The molecule has 0 atom stereocenters. The number of carbonyl (C=O) groups excluding carboxylic acids is 1. The SMILES string of the molecule is CNCCC1CCN(CC(=O)N(C2CCC(C)CC2)C2CC2)CC1. The molecular formula is C20H37N3O. The Morgan fingerprint density at radius 2 is 1.58 bits per heavy atom. The molecule has 0 bridgehead atoms. The number of piperidine rings is 1. The second kappa shape index (κ2) is 8.66. The van der Waals surface area contributed by atoms with E-state index in [1.165, 1.54) is 57.8 Å². The lowest BCUT2D eigenvalue weighted by atomic mass is 9.86. The number of nitrogens with one attached hydrogen (secondary N) is 1. The van der Waals surface area contributed by atoms with Gasteiger partial charge in [0.25, 0.3) is 0 Å². The van der Waals surface area contributed by atoms with Gasteiger partial charge in [0.15, 0.2) is 0 Å². The number of likely N-dealkylation sites (tertiary alicyclic amines) is 1. The van der Waals surface area contributed by atoms with E-state index in [0.717, 1.165) is 31.5 Å². The van der Waals surface area contributed by atoms with Crippen molar-refractivity contribution in [3.05, 3.63) is 0 Å². The first-order chi connectivity index (χ1) is 11.7. The maximum atomic E-state index is 13.0. The Bertz CT molecular complexity index is 394. The molecule has 3 fully saturated rings. The van der Waals surface area contributed by atoms with Gasteiger partial charge in [-0.1, -0.05) is 6.92 Å². The highest BCUT2D eigenvalue weighted by Crippen LogP contribution is 2.35. The molecule has 3 rings (SSSR count). The molecular weight excluding hydrogens is 298 g/mol. The van der Waals surface area contributed by atoms with Gasteiger partial charge < -0.3 is 10.2 Å². The number of rotatable bonds is 7. The zero-order valence-corrected chi connectivity index (χ0v) is 15.8. The molecule has 4 heteroatoms. The lowest BCUT2D eigenvalue weighted by molar-refractivity contribution is -0.136. The van der Waals surface area contributed by atoms with E-state index in [1.807, 2.05) is 7.05 Å². The fraction of sp³-hybridized carbons (Fsp3) is 0.950. The molecule has 0 spiro atoms. The van der Waals surface area contributed by atoms with Crippen molar-refractivity contribution in [2.75, 3.05) is 33.2 Å². The summed E-state index contributed by atoms with van der Waals surface area (Å²) in [5, 5.41) is 3.26. The van der Waals surface area contributed by atoms with Crippen molar-refractivity contribution in [2.45, 2.75) is 76.8 Å². The van der Waals surface area contributed by atoms with Gasteiger partial charge in [-0.25, -0.2) is 0 Å². The smallest absolute Gasteiger partial charge is 0.237 e. The van der Waals surface area contributed by atoms with Gasteiger partial charge in [-0.05, 0) is 96.3 Å². The second-order valence-electron chi connectivity index (χ2n) is 8.56. The molecule has 0 aromatic heterocycles. The highest BCUT2D eigenvalue weighted by Gasteiger charge is 2.38. The van der Waals surface area contributed by atoms with Crippen LogP contribution in [0.4, 0.5) is 0 Å². The minimum absolute atomic E-state index is 0.422. The molecule has 1 saturated heterocycles. The second-order valence-corrected chi connectivity index (χ2v) is 8.56. The lowest BCUT2D eigenvalue weighted by Gasteiger charge is -2.38. The molecule has 2 aliphatic carbocycles. The van der Waals surface area contributed by atoms with Crippen LogP contribution in [0.1, 0.15) is 64.7 Å². The minimum atomic E-state index is 0.422. The predicted octanol–water partition coefficient (Wildman–Crippen LogP) is 2.88. The Kier molecular flexibility index (Phi) is 6.56. The minimum Gasteiger partial charge on any atom is -0.336 e. The number of hydrogen-bond acceptors (Lipinski definition) is 3. The van der Waals surface area contributed by atoms with Gasteiger partial charge in [-0.15, -0.1) is 0 Å². The fourth-order valence-corrected chi connectivity index (χ4v) is 4.63. The molecule has 1 aliphatic heterocycles. The summed E-state index contributed by atoms with van der Waals surface area (Å²) in [6.07, 6.45) is 11.4. The van der Waals surface area contributed by atoms with Crippen LogP contribution in [0.15, 0.2) is 0 Å². The van der Waals surface area contributed by atoms with Crippen LogP contribution in [0.2, 0.25) is 0 Å². The van der Waals surface area contributed by atoms with Crippen LogP contribution >= 0.6 is 0 Å². The quantitative estimate of drug-likeness (QED) is 0.777. The zero-order chi connectivity index (χ0) is 16.9. The third-order valence-electron chi connectivity index (χ3n) is 6.48. The number of nitrogens with zero attached hydrogens (tertiary/aromatic N) is 2. The van der Waals surface area contributed by atoms with Gasteiger partial charge in [0.1, 0.15) is 0 Å². The van der Waals surface area contributed by atoms with E-state index in [-0.39, 0.29) is 0 Å². The van der Waals surface area contributed by atoms with Crippen molar-refractivity contribution in [3.63, 3.8) is 0 Å². The first-order valence-electron chi connectivity index (χ1n) is 10.4. The van der Waals surface area contributed by atoms with Crippen LogP contribution in [0.5, 0.6) is 0 Å². The summed E-state index contributed by atoms with van der Waals surface area (Å²) < 4.78 is 0. The Labute approximate surface area is 148 Å². The van der Waals surface area contributed by atoms with Gasteiger partial charge in [0, 0.05) is 12.1 Å². The fourth-order valence-electron chi connectivity index (χ4n) is 4.63. The molecule has 1 amide bonds. The largest absolute Gasteiger partial charge is 0.336 e. The molecule has 4 nitrogen and oxygen atoms in total. The van der Waals surface area contributed by atoms with Gasteiger partial charge in [-0.3, -0.25) is 9.69 Å². The number of carbonyl (C=O) groups is 1. The van der Waals surface area contributed by atoms with Crippen molar-refractivity contribution in [1.29, 1.82) is 0 Å². The van der Waals surface area contributed by atoms with E-state index in [4.69, 9.17) is 0 Å². The van der Waals surface area contributed by atoms with Crippen LogP contribution < -0.4 is 5.32 Å². The maximum absolute atomic E-state index is 13.0. The summed E-state index contributed by atoms with van der Waals surface area (Å²) in [5.74, 6) is 2.13. The molecule has 2 saturated carbocycles. The lowest BCUT2D eigenvalue weighted by Crippen LogP contribution is -2.49. The van der Waals surface area contributed by atoms with E-state index in [0.29, 0.717) is 24.5 Å². The van der Waals surface area contributed by atoms with E-state index < -0.39 is 0 Å². The summed E-state index contributed by atoms with van der Waals surface area (Å²) in [6, 6.07) is 1.11. The molecule has 24 heavy (non-hydrogen) atoms. The third-order valence-corrected chi connectivity index (χ3v) is 6.48. The zero-order valence-electron chi connectivity index (χ0n) is 15.8. The average Bonchev–Trinajstić information content (AvgIpc) is 3.41. The van der Waals surface area contributed by atoms with Crippen LogP contribution in [-0.2, 0) is 4.79 Å². The first kappa shape index (κ1) is 18.2. The van der Waals surface area contributed by atoms with Crippen LogP contribution in [0.3, 0.4) is 0 Å². The van der Waals surface area contributed by atoms with Gasteiger partial charge in [-0.2, -0.15) is 0 Å². The number of amides is 1. The van der Waals surface area contributed by atoms with Crippen molar-refractivity contribution in [3.8, 4) is 0 Å². The van der Waals surface area contributed by atoms with Crippen molar-refractivity contribution in [1.82, 2.24) is 15.1 Å². The summed E-state index contributed by atoms with van der Waals surface area (Å²) in [5.41, 5.74) is 0. The molecule has 0 aromatic rings. The third kappa shape index (κ3) is 4.95. The summed E-state index contributed by atoms with van der Waals surface area (Å²) in [7, 11) is 2.03. The normalized spacial score (nSPS) is 29.6. The Balaban J connectivity index is 1.46. The topological polar surface area (TPSA) is 35.6 Å². The summed E-state index contributed by atoms with van der Waals surface area (Å²) in [6.45, 7) is 6.37. The summed E-state index contributed by atoms with van der Waals surface area (Å²) in [4.78, 5) is 17.7. The van der Waals surface area contributed by atoms with Crippen LogP contribution in [-0.4, -0.2) is 61.0 Å². The van der Waals surface area contributed by atoms with E-state index in [2.05, 4.69) is 22.0 Å². The highest BCUT2D eigenvalue weighted by molar-refractivity contribution is 5.79.